The number of nitro benzene ring substituents is 1. The number of azo groups is 1. The average molecular weight is 526 g/mol. The lowest BCUT2D eigenvalue weighted by atomic mass is 10.0. The number of rotatable bonds is 21. The number of phenols is 1. The van der Waals surface area contributed by atoms with E-state index in [0.717, 1.165) is 37.7 Å². The Morgan fingerprint density at radius 1 is 0.711 bits per heavy atom. The van der Waals surface area contributed by atoms with Crippen LogP contribution >= 0.6 is 0 Å². The first-order valence-corrected chi connectivity index (χ1v) is 14.2. The smallest absolute Gasteiger partial charge is 0.303 e. The molecule has 0 spiro atoms. The second kappa shape index (κ2) is 18.9. The third-order valence-corrected chi connectivity index (χ3v) is 6.73. The molecule has 0 amide bonds. The molecule has 0 aliphatic carbocycles. The Labute approximate surface area is 226 Å². The number of aryl methyl sites for hydroxylation is 1. The molecule has 2 aromatic rings. The van der Waals surface area contributed by atoms with Crippen LogP contribution in [0.15, 0.2) is 52.7 Å². The first-order chi connectivity index (χ1) is 18.5. The average Bonchev–Trinajstić information content (AvgIpc) is 2.90. The van der Waals surface area contributed by atoms with E-state index in [-0.39, 0.29) is 11.4 Å². The largest absolute Gasteiger partial charge is 0.506 e. The number of unbranched alkanes of at least 4 members (excludes halogenated alkanes) is 14. The predicted octanol–water partition coefficient (Wildman–Crippen LogP) is 9.58. The van der Waals surface area contributed by atoms with Gasteiger partial charge in [0.25, 0.3) is 5.69 Å². The quantitative estimate of drug-likeness (QED) is 0.0726. The maximum atomic E-state index is 10.7. The number of aromatic hydroxyl groups is 1. The third-order valence-electron chi connectivity index (χ3n) is 6.73. The lowest BCUT2D eigenvalue weighted by Gasteiger charge is -2.05. The lowest BCUT2D eigenvalue weighted by molar-refractivity contribution is -0.384. The van der Waals surface area contributed by atoms with E-state index >= 15 is 0 Å². The van der Waals surface area contributed by atoms with Crippen molar-refractivity contribution in [3.63, 3.8) is 0 Å². The van der Waals surface area contributed by atoms with E-state index in [0.29, 0.717) is 17.8 Å². The Bertz CT molecular complexity index is 992. The highest BCUT2D eigenvalue weighted by molar-refractivity contribution is 5.66. The molecular weight excluding hydrogens is 482 g/mol. The molecule has 0 atom stereocenters. The van der Waals surface area contributed by atoms with Crippen molar-refractivity contribution >= 4 is 23.0 Å². The number of carbonyl (C=O) groups is 1. The van der Waals surface area contributed by atoms with E-state index in [2.05, 4.69) is 10.2 Å². The highest BCUT2D eigenvalue weighted by Crippen LogP contribution is 2.30. The number of non-ortho nitro benzene ring substituents is 1. The maximum absolute atomic E-state index is 10.7. The molecular formula is C30H43N3O5. The predicted molar refractivity (Wildman–Crippen MR) is 151 cm³/mol. The van der Waals surface area contributed by atoms with Crippen molar-refractivity contribution in [2.45, 2.75) is 109 Å². The second-order valence-corrected chi connectivity index (χ2v) is 9.99. The molecule has 0 aliphatic heterocycles. The molecule has 0 aromatic heterocycles. The highest BCUT2D eigenvalue weighted by atomic mass is 16.6. The van der Waals surface area contributed by atoms with Crippen molar-refractivity contribution < 1.29 is 19.9 Å². The number of hydrogen-bond donors (Lipinski definition) is 2. The van der Waals surface area contributed by atoms with Crippen LogP contribution in [0.4, 0.5) is 17.1 Å². The van der Waals surface area contributed by atoms with Crippen molar-refractivity contribution in [2.24, 2.45) is 10.2 Å². The van der Waals surface area contributed by atoms with Gasteiger partial charge in [-0.05, 0) is 49.1 Å². The standard InChI is InChI=1S/C30H43N3O5/c34-29-24-25(18-23-28(29)32-31-26-19-21-27(22-20-26)33(37)38)16-14-12-10-8-6-4-2-1-3-5-7-9-11-13-15-17-30(35)36/h18-24,34H,1-17H2,(H,35,36). The minimum atomic E-state index is -0.682. The Hall–Kier alpha value is -3.29. The monoisotopic (exact) mass is 525 g/mol. The summed E-state index contributed by atoms with van der Waals surface area (Å²) in [7, 11) is 0. The SMILES string of the molecule is O=C(O)CCCCCCCCCCCCCCCCCc1ccc(N=Nc2ccc([N+](=O)[O-])cc2)c(O)c1. The zero-order chi connectivity index (χ0) is 27.4. The number of carboxylic acids is 1. The molecule has 0 radical (unpaired) electrons. The summed E-state index contributed by atoms with van der Waals surface area (Å²) >= 11 is 0. The van der Waals surface area contributed by atoms with Crippen molar-refractivity contribution in [2.75, 3.05) is 0 Å². The zero-order valence-corrected chi connectivity index (χ0v) is 22.5. The van der Waals surface area contributed by atoms with Crippen LogP contribution in [-0.2, 0) is 11.2 Å². The summed E-state index contributed by atoms with van der Waals surface area (Å²) in [6.07, 6.45) is 19.5. The van der Waals surface area contributed by atoms with Gasteiger partial charge < -0.3 is 10.2 Å². The molecule has 2 aromatic carbocycles. The normalized spacial score (nSPS) is 11.3. The van der Waals surface area contributed by atoms with Gasteiger partial charge >= 0.3 is 5.97 Å². The molecule has 0 saturated carbocycles. The fraction of sp³-hybridized carbons (Fsp3) is 0.567. The van der Waals surface area contributed by atoms with Gasteiger partial charge in [-0.25, -0.2) is 0 Å². The van der Waals surface area contributed by atoms with Gasteiger partial charge in [0.2, 0.25) is 0 Å². The minimum absolute atomic E-state index is 0.00159. The van der Waals surface area contributed by atoms with Crippen LogP contribution in [0.1, 0.15) is 108 Å². The second-order valence-electron chi connectivity index (χ2n) is 9.99. The van der Waals surface area contributed by atoms with Gasteiger partial charge in [-0.3, -0.25) is 14.9 Å². The summed E-state index contributed by atoms with van der Waals surface area (Å²) in [5.74, 6) is -0.595. The highest BCUT2D eigenvalue weighted by Gasteiger charge is 2.05. The summed E-state index contributed by atoms with van der Waals surface area (Å²) in [6.45, 7) is 0. The Morgan fingerprint density at radius 3 is 1.68 bits per heavy atom. The van der Waals surface area contributed by atoms with Crippen molar-refractivity contribution in [3.8, 4) is 5.75 Å². The van der Waals surface area contributed by atoms with Crippen LogP contribution in [0.25, 0.3) is 0 Å². The van der Waals surface area contributed by atoms with E-state index in [1.54, 1.807) is 12.1 Å². The van der Waals surface area contributed by atoms with Gasteiger partial charge in [-0.2, -0.15) is 5.11 Å². The number of nitrogens with zero attached hydrogens (tertiary/aromatic N) is 3. The van der Waals surface area contributed by atoms with E-state index in [1.165, 1.54) is 94.9 Å². The van der Waals surface area contributed by atoms with Crippen LogP contribution in [0.3, 0.4) is 0 Å². The molecule has 0 saturated heterocycles. The van der Waals surface area contributed by atoms with Crippen LogP contribution in [0.5, 0.6) is 5.75 Å². The van der Waals surface area contributed by atoms with Crippen LogP contribution in [0, 0.1) is 10.1 Å². The van der Waals surface area contributed by atoms with E-state index in [1.807, 2.05) is 6.07 Å². The molecule has 2 rings (SSSR count). The molecule has 0 bridgehead atoms. The Balaban J connectivity index is 1.46. The van der Waals surface area contributed by atoms with Gasteiger partial charge in [0.1, 0.15) is 11.4 Å². The Morgan fingerprint density at radius 2 is 1.21 bits per heavy atom. The summed E-state index contributed by atoms with van der Waals surface area (Å²) in [5, 5.41) is 37.7. The molecule has 8 nitrogen and oxygen atoms in total. The zero-order valence-electron chi connectivity index (χ0n) is 22.5. The van der Waals surface area contributed by atoms with E-state index in [9.17, 15) is 20.0 Å². The van der Waals surface area contributed by atoms with Crippen LogP contribution in [0.2, 0.25) is 0 Å². The van der Waals surface area contributed by atoms with E-state index < -0.39 is 10.9 Å². The first-order valence-electron chi connectivity index (χ1n) is 14.2. The number of benzene rings is 2. The topological polar surface area (TPSA) is 125 Å². The summed E-state index contributed by atoms with van der Waals surface area (Å²) < 4.78 is 0. The van der Waals surface area contributed by atoms with Gasteiger partial charge in [0, 0.05) is 18.6 Å². The lowest BCUT2D eigenvalue weighted by Crippen LogP contribution is -1.93. The minimum Gasteiger partial charge on any atom is -0.506 e. The van der Waals surface area contributed by atoms with Crippen LogP contribution < -0.4 is 0 Å². The van der Waals surface area contributed by atoms with Crippen molar-refractivity contribution in [3.05, 3.63) is 58.1 Å². The molecule has 0 heterocycles. The molecule has 2 N–H and O–H groups in total. The van der Waals surface area contributed by atoms with Gasteiger partial charge in [0.15, 0.2) is 0 Å². The van der Waals surface area contributed by atoms with Gasteiger partial charge in [-0.15, -0.1) is 5.11 Å². The van der Waals surface area contributed by atoms with Gasteiger partial charge in [0.05, 0.1) is 10.6 Å². The Kier molecular flexibility index (Phi) is 15.4. The maximum Gasteiger partial charge on any atom is 0.303 e. The van der Waals surface area contributed by atoms with Gasteiger partial charge in [-0.1, -0.05) is 89.5 Å². The summed E-state index contributed by atoms with van der Waals surface area (Å²) in [6, 6.07) is 11.2. The fourth-order valence-corrected chi connectivity index (χ4v) is 4.47. The summed E-state index contributed by atoms with van der Waals surface area (Å²) in [5.41, 5.74) is 1.94. The molecule has 0 aliphatic rings. The number of phenolic OH excluding ortho intramolecular Hbond substituents is 1. The number of nitro groups is 1. The molecule has 0 fully saturated rings. The van der Waals surface area contributed by atoms with Crippen molar-refractivity contribution in [1.29, 1.82) is 0 Å². The first kappa shape index (κ1) is 30.9. The number of aliphatic carboxylic acids is 1. The fourth-order valence-electron chi connectivity index (χ4n) is 4.47. The third kappa shape index (κ3) is 13.9. The molecule has 8 heteroatoms. The molecule has 38 heavy (non-hydrogen) atoms. The molecule has 0 unspecified atom stereocenters. The number of carboxylic acid groups (broad SMARTS) is 1. The van der Waals surface area contributed by atoms with E-state index in [4.69, 9.17) is 5.11 Å². The van der Waals surface area contributed by atoms with Crippen molar-refractivity contribution in [1.82, 2.24) is 0 Å². The molecule has 208 valence electrons. The van der Waals surface area contributed by atoms with Crippen LogP contribution in [-0.4, -0.2) is 21.1 Å². The summed E-state index contributed by atoms with van der Waals surface area (Å²) in [4.78, 5) is 20.7. The number of hydrogen-bond acceptors (Lipinski definition) is 6.